The third kappa shape index (κ3) is 5.53. The number of aromatic nitrogens is 2. The van der Waals surface area contributed by atoms with Crippen molar-refractivity contribution >= 4 is 17.5 Å². The summed E-state index contributed by atoms with van der Waals surface area (Å²) in [5.74, 6) is 0.676. The summed E-state index contributed by atoms with van der Waals surface area (Å²) in [6.07, 6.45) is 3.13. The Balaban J connectivity index is 1.43. The fraction of sp³-hybridized carbons (Fsp3) is 0.192. The number of nitrogens with one attached hydrogen (secondary N) is 2. The van der Waals surface area contributed by atoms with Crippen LogP contribution in [-0.4, -0.2) is 21.6 Å². The predicted molar refractivity (Wildman–Crippen MR) is 128 cm³/mol. The van der Waals surface area contributed by atoms with Crippen molar-refractivity contribution in [2.24, 2.45) is 7.05 Å². The zero-order valence-corrected chi connectivity index (χ0v) is 19.3. The van der Waals surface area contributed by atoms with Crippen molar-refractivity contribution in [1.29, 1.82) is 0 Å². The van der Waals surface area contributed by atoms with Gasteiger partial charge in [-0.2, -0.15) is 5.10 Å². The van der Waals surface area contributed by atoms with Gasteiger partial charge in [0.25, 0.3) is 11.8 Å². The number of ether oxygens (including phenoxy) is 1. The SMILES string of the molecule is Cc1ccc(C)c(OCc2cccc(C(=O)Nc3cn(C)nc3C(=O)NCc3ccco3)c2)c1. The van der Waals surface area contributed by atoms with Gasteiger partial charge in [0.2, 0.25) is 0 Å². The molecule has 2 aromatic heterocycles. The van der Waals surface area contributed by atoms with E-state index in [9.17, 15) is 9.59 Å². The van der Waals surface area contributed by atoms with E-state index in [1.54, 1.807) is 43.6 Å². The zero-order valence-electron chi connectivity index (χ0n) is 19.3. The van der Waals surface area contributed by atoms with E-state index >= 15 is 0 Å². The maximum atomic E-state index is 12.9. The van der Waals surface area contributed by atoms with Crippen LogP contribution in [0.4, 0.5) is 5.69 Å². The lowest BCUT2D eigenvalue weighted by molar-refractivity contribution is 0.0943. The van der Waals surface area contributed by atoms with E-state index in [0.717, 1.165) is 22.4 Å². The molecule has 0 aliphatic heterocycles. The minimum Gasteiger partial charge on any atom is -0.489 e. The molecule has 2 amide bonds. The summed E-state index contributed by atoms with van der Waals surface area (Å²) in [5, 5.41) is 9.73. The number of benzene rings is 2. The van der Waals surface area contributed by atoms with Crippen LogP contribution in [0.5, 0.6) is 5.75 Å². The molecule has 2 aromatic carbocycles. The van der Waals surface area contributed by atoms with E-state index in [-0.39, 0.29) is 18.1 Å². The molecule has 0 spiro atoms. The number of amides is 2. The number of aryl methyl sites for hydroxylation is 3. The number of carbonyl (C=O) groups excluding carboxylic acids is 2. The van der Waals surface area contributed by atoms with E-state index < -0.39 is 5.91 Å². The van der Waals surface area contributed by atoms with Gasteiger partial charge in [0.1, 0.15) is 18.1 Å². The Labute approximate surface area is 197 Å². The molecule has 0 unspecified atom stereocenters. The fourth-order valence-electron chi connectivity index (χ4n) is 3.43. The van der Waals surface area contributed by atoms with Crippen LogP contribution in [0.3, 0.4) is 0 Å². The molecule has 8 nitrogen and oxygen atoms in total. The number of carbonyl (C=O) groups is 2. The van der Waals surface area contributed by atoms with Crippen molar-refractivity contribution in [2.45, 2.75) is 27.0 Å². The van der Waals surface area contributed by atoms with E-state index in [1.807, 2.05) is 38.1 Å². The van der Waals surface area contributed by atoms with Crippen LogP contribution >= 0.6 is 0 Å². The lowest BCUT2D eigenvalue weighted by Crippen LogP contribution is -2.25. The van der Waals surface area contributed by atoms with Crippen LogP contribution in [0.15, 0.2) is 71.5 Å². The molecule has 0 radical (unpaired) electrons. The molecule has 2 heterocycles. The second-order valence-electron chi connectivity index (χ2n) is 8.04. The summed E-state index contributed by atoms with van der Waals surface area (Å²) < 4.78 is 12.7. The Kier molecular flexibility index (Phi) is 6.77. The molecule has 0 saturated carbocycles. The third-order valence-corrected chi connectivity index (χ3v) is 5.22. The van der Waals surface area contributed by atoms with Gasteiger partial charge in [-0.25, -0.2) is 0 Å². The largest absolute Gasteiger partial charge is 0.489 e. The first-order valence-corrected chi connectivity index (χ1v) is 10.8. The monoisotopic (exact) mass is 458 g/mol. The number of furan rings is 1. The van der Waals surface area contributed by atoms with Crippen LogP contribution < -0.4 is 15.4 Å². The van der Waals surface area contributed by atoms with Gasteiger partial charge in [-0.1, -0.05) is 24.3 Å². The lowest BCUT2D eigenvalue weighted by Gasteiger charge is -2.11. The Morgan fingerprint density at radius 2 is 1.91 bits per heavy atom. The van der Waals surface area contributed by atoms with Gasteiger partial charge in [-0.15, -0.1) is 0 Å². The fourth-order valence-corrected chi connectivity index (χ4v) is 3.43. The number of rotatable bonds is 8. The van der Waals surface area contributed by atoms with Gasteiger partial charge < -0.3 is 19.8 Å². The highest BCUT2D eigenvalue weighted by atomic mass is 16.5. The van der Waals surface area contributed by atoms with E-state index in [2.05, 4.69) is 15.7 Å². The van der Waals surface area contributed by atoms with Gasteiger partial charge in [0, 0.05) is 18.8 Å². The van der Waals surface area contributed by atoms with Crippen LogP contribution in [0, 0.1) is 13.8 Å². The average Bonchev–Trinajstić information content (AvgIpc) is 3.48. The molecule has 174 valence electrons. The summed E-state index contributed by atoms with van der Waals surface area (Å²) >= 11 is 0. The number of anilines is 1. The molecule has 8 heteroatoms. The number of nitrogens with zero attached hydrogens (tertiary/aromatic N) is 2. The average molecular weight is 459 g/mol. The predicted octanol–water partition coefficient (Wildman–Crippen LogP) is 4.39. The molecule has 4 rings (SSSR count). The van der Waals surface area contributed by atoms with Crippen molar-refractivity contribution in [1.82, 2.24) is 15.1 Å². The van der Waals surface area contributed by atoms with Gasteiger partial charge in [0.15, 0.2) is 5.69 Å². The van der Waals surface area contributed by atoms with Crippen molar-refractivity contribution in [2.75, 3.05) is 5.32 Å². The van der Waals surface area contributed by atoms with Crippen molar-refractivity contribution in [3.8, 4) is 5.75 Å². The quantitative estimate of drug-likeness (QED) is 0.408. The van der Waals surface area contributed by atoms with E-state index in [0.29, 0.717) is 23.6 Å². The first kappa shape index (κ1) is 22.8. The van der Waals surface area contributed by atoms with Crippen LogP contribution in [0.25, 0.3) is 0 Å². The Morgan fingerprint density at radius 3 is 2.71 bits per heavy atom. The summed E-state index contributed by atoms with van der Waals surface area (Å²) in [7, 11) is 1.68. The van der Waals surface area contributed by atoms with Crippen LogP contribution in [-0.2, 0) is 20.2 Å². The Bertz CT molecular complexity index is 1310. The molecule has 0 aliphatic rings. The van der Waals surface area contributed by atoms with Gasteiger partial charge >= 0.3 is 0 Å². The molecule has 0 saturated heterocycles. The van der Waals surface area contributed by atoms with Crippen molar-refractivity contribution in [3.63, 3.8) is 0 Å². The van der Waals surface area contributed by atoms with E-state index in [4.69, 9.17) is 9.15 Å². The highest BCUT2D eigenvalue weighted by molar-refractivity contribution is 6.08. The third-order valence-electron chi connectivity index (χ3n) is 5.22. The molecular weight excluding hydrogens is 432 g/mol. The summed E-state index contributed by atoms with van der Waals surface area (Å²) in [6.45, 7) is 4.56. The van der Waals surface area contributed by atoms with E-state index in [1.165, 1.54) is 10.9 Å². The molecule has 0 bridgehead atoms. The number of hydrogen-bond acceptors (Lipinski definition) is 5. The first-order chi connectivity index (χ1) is 16.4. The lowest BCUT2D eigenvalue weighted by atomic mass is 10.1. The second kappa shape index (κ2) is 10.1. The summed E-state index contributed by atoms with van der Waals surface area (Å²) in [4.78, 5) is 25.6. The Morgan fingerprint density at radius 1 is 1.06 bits per heavy atom. The normalized spacial score (nSPS) is 10.7. The van der Waals surface area contributed by atoms with Gasteiger partial charge in [-0.05, 0) is 60.9 Å². The standard InChI is InChI=1S/C26H26N4O4/c1-17-9-10-18(2)23(12-17)34-16-19-6-4-7-20(13-19)25(31)28-22-15-30(3)29-24(22)26(32)27-14-21-8-5-11-33-21/h4-13,15H,14,16H2,1-3H3,(H,27,32)(H,28,31). The molecule has 34 heavy (non-hydrogen) atoms. The summed E-state index contributed by atoms with van der Waals surface area (Å²) in [6, 6.07) is 16.7. The second-order valence-corrected chi connectivity index (χ2v) is 8.04. The zero-order chi connectivity index (χ0) is 24.1. The highest BCUT2D eigenvalue weighted by Crippen LogP contribution is 2.21. The maximum absolute atomic E-state index is 12.9. The molecule has 0 fully saturated rings. The molecule has 4 aromatic rings. The van der Waals surface area contributed by atoms with Crippen molar-refractivity contribution < 1.29 is 18.7 Å². The van der Waals surface area contributed by atoms with Crippen LogP contribution in [0.1, 0.15) is 43.3 Å². The first-order valence-electron chi connectivity index (χ1n) is 10.8. The summed E-state index contributed by atoms with van der Waals surface area (Å²) in [5.41, 5.74) is 3.92. The van der Waals surface area contributed by atoms with Gasteiger partial charge in [0.05, 0.1) is 18.5 Å². The van der Waals surface area contributed by atoms with Gasteiger partial charge in [-0.3, -0.25) is 14.3 Å². The molecule has 2 N–H and O–H groups in total. The Hall–Kier alpha value is -4.33. The number of hydrogen-bond donors (Lipinski definition) is 2. The minimum absolute atomic E-state index is 0.122. The topological polar surface area (TPSA) is 98.4 Å². The maximum Gasteiger partial charge on any atom is 0.274 e. The highest BCUT2D eigenvalue weighted by Gasteiger charge is 2.19. The smallest absolute Gasteiger partial charge is 0.274 e. The molecule has 0 atom stereocenters. The minimum atomic E-state index is -0.414. The van der Waals surface area contributed by atoms with Crippen molar-refractivity contribution in [3.05, 3.63) is 101 Å². The molecular formula is C26H26N4O4. The van der Waals surface area contributed by atoms with Crippen LogP contribution in [0.2, 0.25) is 0 Å². The molecule has 0 aliphatic carbocycles.